The Morgan fingerprint density at radius 2 is 1.94 bits per heavy atom. The summed E-state index contributed by atoms with van der Waals surface area (Å²) in [4.78, 5) is 0. The zero-order valence-corrected chi connectivity index (χ0v) is 11.9. The van der Waals surface area contributed by atoms with Gasteiger partial charge in [0.15, 0.2) is 0 Å². The molecule has 0 rings (SSSR count). The van der Waals surface area contributed by atoms with Crippen LogP contribution < -0.4 is 5.32 Å². The fraction of sp³-hybridized carbons (Fsp3) is 0.533. The second-order valence-corrected chi connectivity index (χ2v) is 4.29. The molecule has 96 valence electrons. The fourth-order valence-electron chi connectivity index (χ4n) is 1.77. The Kier molecular flexibility index (Phi) is 8.12. The maximum absolute atomic E-state index is 7.69. The van der Waals surface area contributed by atoms with E-state index in [4.69, 9.17) is 5.41 Å². The molecule has 0 aromatic carbocycles. The lowest BCUT2D eigenvalue weighted by molar-refractivity contribution is 0.796. The second kappa shape index (κ2) is 8.80. The Labute approximate surface area is 106 Å². The first kappa shape index (κ1) is 15.7. The average Bonchev–Trinajstić information content (AvgIpc) is 2.30. The molecule has 0 aromatic rings. The Morgan fingerprint density at radius 3 is 2.35 bits per heavy atom. The molecule has 0 aliphatic rings. The lowest BCUT2D eigenvalue weighted by atomic mass is 9.97. The van der Waals surface area contributed by atoms with Gasteiger partial charge in [0, 0.05) is 24.9 Å². The van der Waals surface area contributed by atoms with Crippen LogP contribution in [0.15, 0.2) is 35.1 Å². The number of hydrogen-bond acceptors (Lipinski definition) is 2. The highest BCUT2D eigenvalue weighted by Gasteiger charge is 2.08. The van der Waals surface area contributed by atoms with Crippen LogP contribution in [0.25, 0.3) is 0 Å². The lowest BCUT2D eigenvalue weighted by Crippen LogP contribution is -2.11. The summed E-state index contributed by atoms with van der Waals surface area (Å²) in [7, 11) is 1.97. The van der Waals surface area contributed by atoms with Crippen molar-refractivity contribution in [2.45, 2.75) is 47.0 Å². The Morgan fingerprint density at radius 1 is 1.29 bits per heavy atom. The van der Waals surface area contributed by atoms with Crippen LogP contribution in [0.5, 0.6) is 0 Å². The van der Waals surface area contributed by atoms with E-state index >= 15 is 0 Å². The Balaban J connectivity index is 5.28. The highest BCUT2D eigenvalue weighted by atomic mass is 14.8. The van der Waals surface area contributed by atoms with Gasteiger partial charge in [-0.2, -0.15) is 0 Å². The summed E-state index contributed by atoms with van der Waals surface area (Å²) in [5, 5.41) is 11.0. The number of rotatable bonds is 7. The predicted molar refractivity (Wildman–Crippen MR) is 77.6 cm³/mol. The van der Waals surface area contributed by atoms with Crippen LogP contribution in [-0.2, 0) is 0 Å². The molecular formula is C15H26N2. The van der Waals surface area contributed by atoms with Crippen molar-refractivity contribution >= 4 is 5.71 Å². The molecular weight excluding hydrogens is 208 g/mol. The summed E-state index contributed by atoms with van der Waals surface area (Å²) in [5.74, 6) is 0. The van der Waals surface area contributed by atoms with Gasteiger partial charge in [0.05, 0.1) is 0 Å². The Hall–Kier alpha value is -1.31. The first-order valence-corrected chi connectivity index (χ1v) is 6.30. The molecule has 2 nitrogen and oxygen atoms in total. The van der Waals surface area contributed by atoms with Crippen molar-refractivity contribution < 1.29 is 0 Å². The van der Waals surface area contributed by atoms with E-state index in [-0.39, 0.29) is 0 Å². The van der Waals surface area contributed by atoms with Gasteiger partial charge in [0.1, 0.15) is 0 Å². The third-order valence-electron chi connectivity index (χ3n) is 2.62. The molecule has 17 heavy (non-hydrogen) atoms. The summed E-state index contributed by atoms with van der Waals surface area (Å²) in [6, 6.07) is 0. The van der Waals surface area contributed by atoms with Gasteiger partial charge in [-0.3, -0.25) is 0 Å². The maximum atomic E-state index is 7.69. The van der Waals surface area contributed by atoms with Crippen LogP contribution in [0, 0.1) is 5.41 Å². The van der Waals surface area contributed by atoms with Crippen molar-refractivity contribution in [2.75, 3.05) is 7.05 Å². The number of nitrogens with one attached hydrogen (secondary N) is 2. The quantitative estimate of drug-likeness (QED) is 0.502. The third-order valence-corrected chi connectivity index (χ3v) is 2.62. The van der Waals surface area contributed by atoms with E-state index in [0.717, 1.165) is 19.3 Å². The SMILES string of the molecule is C\C=C/C=C(C)\C(CC(C)=N)=C(\CCC)NC. The Bertz CT molecular complexity index is 333. The molecule has 0 aliphatic carbocycles. The van der Waals surface area contributed by atoms with Crippen molar-refractivity contribution in [3.8, 4) is 0 Å². The maximum Gasteiger partial charge on any atom is 0.0143 e. The highest BCUT2D eigenvalue weighted by molar-refractivity contribution is 5.82. The summed E-state index contributed by atoms with van der Waals surface area (Å²) in [5.41, 5.74) is 4.47. The van der Waals surface area contributed by atoms with Crippen LogP contribution in [0.2, 0.25) is 0 Å². The van der Waals surface area contributed by atoms with Crippen molar-refractivity contribution in [3.63, 3.8) is 0 Å². The van der Waals surface area contributed by atoms with Gasteiger partial charge in [-0.25, -0.2) is 0 Å². The summed E-state index contributed by atoms with van der Waals surface area (Å²) >= 11 is 0. The normalized spacial score (nSPS) is 13.8. The smallest absolute Gasteiger partial charge is 0.0143 e. The molecule has 2 heteroatoms. The molecule has 0 saturated heterocycles. The first-order chi connectivity index (χ1) is 8.06. The van der Waals surface area contributed by atoms with Crippen LogP contribution in [0.4, 0.5) is 0 Å². The van der Waals surface area contributed by atoms with Crippen molar-refractivity contribution in [3.05, 3.63) is 35.1 Å². The molecule has 0 heterocycles. The van der Waals surface area contributed by atoms with Gasteiger partial charge in [-0.1, -0.05) is 31.6 Å². The van der Waals surface area contributed by atoms with Gasteiger partial charge in [0.2, 0.25) is 0 Å². The van der Waals surface area contributed by atoms with Gasteiger partial charge in [-0.15, -0.1) is 0 Å². The minimum absolute atomic E-state index is 0.706. The van der Waals surface area contributed by atoms with Gasteiger partial charge < -0.3 is 10.7 Å². The zero-order valence-electron chi connectivity index (χ0n) is 11.9. The molecule has 0 aliphatic heterocycles. The molecule has 0 aromatic heterocycles. The standard InChI is InChI=1S/C15H26N2/c1-6-8-10-12(3)14(11-13(4)16)15(17-5)9-7-2/h6,8,10,16-17H,7,9,11H2,1-5H3/b8-6-,12-10-,15-14-,16-13?. The van der Waals surface area contributed by atoms with E-state index in [1.54, 1.807) is 0 Å². The van der Waals surface area contributed by atoms with Gasteiger partial charge in [0.25, 0.3) is 0 Å². The third kappa shape index (κ3) is 6.10. The van der Waals surface area contributed by atoms with Crippen LogP contribution >= 0.6 is 0 Å². The molecule has 0 bridgehead atoms. The molecule has 0 fully saturated rings. The summed E-state index contributed by atoms with van der Waals surface area (Å²) in [6.07, 6.45) is 9.08. The minimum atomic E-state index is 0.706. The second-order valence-electron chi connectivity index (χ2n) is 4.29. The molecule has 0 unspecified atom stereocenters. The molecule has 0 spiro atoms. The zero-order chi connectivity index (χ0) is 13.3. The van der Waals surface area contributed by atoms with E-state index < -0.39 is 0 Å². The van der Waals surface area contributed by atoms with E-state index in [9.17, 15) is 0 Å². The van der Waals surface area contributed by atoms with Crippen LogP contribution in [0.1, 0.15) is 47.0 Å². The van der Waals surface area contributed by atoms with Crippen molar-refractivity contribution in [1.82, 2.24) is 5.32 Å². The number of allylic oxidation sites excluding steroid dienone is 6. The van der Waals surface area contributed by atoms with E-state index in [0.29, 0.717) is 5.71 Å². The molecule has 0 saturated carbocycles. The predicted octanol–water partition coefficient (Wildman–Crippen LogP) is 4.21. The monoisotopic (exact) mass is 234 g/mol. The molecule has 0 amide bonds. The molecule has 0 atom stereocenters. The van der Waals surface area contributed by atoms with Crippen LogP contribution in [0.3, 0.4) is 0 Å². The van der Waals surface area contributed by atoms with Crippen LogP contribution in [-0.4, -0.2) is 12.8 Å². The summed E-state index contributed by atoms with van der Waals surface area (Å²) < 4.78 is 0. The van der Waals surface area contributed by atoms with E-state index in [2.05, 4.69) is 25.2 Å². The van der Waals surface area contributed by atoms with Crippen molar-refractivity contribution in [2.24, 2.45) is 0 Å². The highest BCUT2D eigenvalue weighted by Crippen LogP contribution is 2.20. The minimum Gasteiger partial charge on any atom is -0.391 e. The largest absolute Gasteiger partial charge is 0.391 e. The van der Waals surface area contributed by atoms with Gasteiger partial charge in [-0.05, 0) is 38.3 Å². The van der Waals surface area contributed by atoms with E-state index in [1.165, 1.54) is 16.8 Å². The lowest BCUT2D eigenvalue weighted by Gasteiger charge is -2.15. The van der Waals surface area contributed by atoms with E-state index in [1.807, 2.05) is 33.0 Å². The van der Waals surface area contributed by atoms with Gasteiger partial charge >= 0.3 is 0 Å². The summed E-state index contributed by atoms with van der Waals surface area (Å²) in [6.45, 7) is 8.17. The van der Waals surface area contributed by atoms with Crippen molar-refractivity contribution in [1.29, 1.82) is 5.41 Å². The number of hydrogen-bond donors (Lipinski definition) is 2. The molecule has 0 radical (unpaired) electrons. The first-order valence-electron chi connectivity index (χ1n) is 6.30. The average molecular weight is 234 g/mol. The fourth-order valence-corrected chi connectivity index (χ4v) is 1.77. The topological polar surface area (TPSA) is 35.9 Å². The molecule has 2 N–H and O–H groups in total.